The Labute approximate surface area is 130 Å². The summed E-state index contributed by atoms with van der Waals surface area (Å²) in [4.78, 5) is 17.1. The van der Waals surface area contributed by atoms with Crippen LogP contribution in [-0.2, 0) is 0 Å². The van der Waals surface area contributed by atoms with Crippen LogP contribution in [0.15, 0.2) is 18.2 Å². The molecule has 2 heterocycles. The van der Waals surface area contributed by atoms with Crippen LogP contribution in [0.2, 0.25) is 5.02 Å². The Morgan fingerprint density at radius 3 is 2.52 bits per heavy atom. The topological polar surface area (TPSA) is 32.8 Å². The molecule has 4 nitrogen and oxygen atoms in total. The van der Waals surface area contributed by atoms with Gasteiger partial charge in [0.2, 0.25) is 0 Å². The van der Waals surface area contributed by atoms with E-state index in [4.69, 9.17) is 16.3 Å². The summed E-state index contributed by atoms with van der Waals surface area (Å²) < 4.78 is 5.13. The van der Waals surface area contributed by atoms with Crippen LogP contribution in [0.3, 0.4) is 0 Å². The van der Waals surface area contributed by atoms with Crippen molar-refractivity contribution in [2.24, 2.45) is 0 Å². The molecule has 114 valence electrons. The predicted octanol–water partition coefficient (Wildman–Crippen LogP) is 2.66. The minimum Gasteiger partial charge on any atom is -0.495 e. The van der Waals surface area contributed by atoms with Gasteiger partial charge in [-0.3, -0.25) is 9.69 Å². The third-order valence-corrected chi connectivity index (χ3v) is 4.88. The molecule has 2 atom stereocenters. The Balaban J connectivity index is 1.74. The Morgan fingerprint density at radius 2 is 2.00 bits per heavy atom. The summed E-state index contributed by atoms with van der Waals surface area (Å²) in [5.41, 5.74) is 0.647. The van der Waals surface area contributed by atoms with E-state index in [1.165, 1.54) is 0 Å². The zero-order valence-electron chi connectivity index (χ0n) is 12.7. The summed E-state index contributed by atoms with van der Waals surface area (Å²) in [6.45, 7) is 6.37. The normalized spacial score (nSPS) is 24.9. The van der Waals surface area contributed by atoms with Crippen LogP contribution < -0.4 is 4.74 Å². The van der Waals surface area contributed by atoms with Crippen LogP contribution in [0.25, 0.3) is 0 Å². The summed E-state index contributed by atoms with van der Waals surface area (Å²) in [5.74, 6) is 0.687. The standard InChI is InChI=1S/C16H21ClN2O2/c1-10(2)18-8-12-7-13(9-18)19(12)16(20)11-4-5-15(21-3)14(17)6-11/h4-6,10,12-13H,7-9H2,1-3H3. The van der Waals surface area contributed by atoms with Crippen molar-refractivity contribution in [2.75, 3.05) is 20.2 Å². The molecule has 21 heavy (non-hydrogen) atoms. The number of piperazine rings is 1. The number of hydrogen-bond acceptors (Lipinski definition) is 3. The summed E-state index contributed by atoms with van der Waals surface area (Å²) >= 11 is 6.12. The molecule has 1 aromatic rings. The zero-order valence-corrected chi connectivity index (χ0v) is 13.4. The van der Waals surface area contributed by atoms with Crippen LogP contribution in [0.5, 0.6) is 5.75 Å². The molecule has 2 fully saturated rings. The number of likely N-dealkylation sites (tertiary alicyclic amines) is 2. The summed E-state index contributed by atoms with van der Waals surface area (Å²) in [7, 11) is 1.57. The fraction of sp³-hybridized carbons (Fsp3) is 0.562. The van der Waals surface area contributed by atoms with Gasteiger partial charge in [-0.2, -0.15) is 0 Å². The van der Waals surface area contributed by atoms with Gasteiger partial charge in [-0.25, -0.2) is 0 Å². The second kappa shape index (κ2) is 5.50. The molecule has 0 N–H and O–H groups in total. The first-order chi connectivity index (χ1) is 10.0. The molecule has 0 spiro atoms. The number of carbonyl (C=O) groups is 1. The van der Waals surface area contributed by atoms with Gasteiger partial charge in [-0.05, 0) is 38.5 Å². The van der Waals surface area contributed by atoms with E-state index in [0.29, 0.717) is 34.5 Å². The molecule has 2 aliphatic rings. The number of rotatable bonds is 3. The maximum absolute atomic E-state index is 12.7. The van der Waals surface area contributed by atoms with Crippen LogP contribution in [-0.4, -0.2) is 54.0 Å². The molecule has 2 saturated heterocycles. The van der Waals surface area contributed by atoms with Crippen molar-refractivity contribution in [1.29, 1.82) is 0 Å². The maximum atomic E-state index is 12.7. The van der Waals surface area contributed by atoms with Gasteiger partial charge in [0, 0.05) is 36.8 Å². The quantitative estimate of drug-likeness (QED) is 0.860. The highest BCUT2D eigenvalue weighted by Crippen LogP contribution is 2.35. The van der Waals surface area contributed by atoms with Crippen molar-refractivity contribution in [3.8, 4) is 5.75 Å². The van der Waals surface area contributed by atoms with Gasteiger partial charge in [0.1, 0.15) is 5.75 Å². The number of carbonyl (C=O) groups excluding carboxylic acids is 1. The van der Waals surface area contributed by atoms with E-state index in [1.54, 1.807) is 25.3 Å². The van der Waals surface area contributed by atoms with E-state index in [2.05, 4.69) is 18.7 Å². The Bertz CT molecular complexity index is 549. The highest BCUT2D eigenvalue weighted by Gasteiger charge is 2.47. The van der Waals surface area contributed by atoms with Gasteiger partial charge in [0.05, 0.1) is 12.1 Å². The molecule has 1 amide bonds. The number of methoxy groups -OCH3 is 1. The van der Waals surface area contributed by atoms with Gasteiger partial charge in [-0.1, -0.05) is 11.6 Å². The lowest BCUT2D eigenvalue weighted by atomic mass is 9.86. The number of fused-ring (bicyclic) bond motifs is 2. The fourth-order valence-corrected chi connectivity index (χ4v) is 3.60. The molecule has 1 aromatic carbocycles. The smallest absolute Gasteiger partial charge is 0.254 e. The SMILES string of the molecule is COc1ccc(C(=O)N2C3CC2CN(C(C)C)C3)cc1Cl. The molecule has 0 aromatic heterocycles. The van der Waals surface area contributed by atoms with Crippen molar-refractivity contribution in [3.05, 3.63) is 28.8 Å². The maximum Gasteiger partial charge on any atom is 0.254 e. The highest BCUT2D eigenvalue weighted by atomic mass is 35.5. The van der Waals surface area contributed by atoms with Crippen molar-refractivity contribution < 1.29 is 9.53 Å². The average Bonchev–Trinajstić information content (AvgIpc) is 2.47. The molecular formula is C16H21ClN2O2. The summed E-state index contributed by atoms with van der Waals surface area (Å²) in [6.07, 6.45) is 1.12. The zero-order chi connectivity index (χ0) is 15.1. The molecule has 0 saturated carbocycles. The summed E-state index contributed by atoms with van der Waals surface area (Å²) in [6, 6.07) is 6.49. The van der Waals surface area contributed by atoms with Crippen molar-refractivity contribution in [1.82, 2.24) is 9.80 Å². The minimum absolute atomic E-state index is 0.0872. The first-order valence-corrected chi connectivity index (χ1v) is 7.79. The lowest BCUT2D eigenvalue weighted by molar-refractivity contribution is -0.0563. The molecule has 2 bridgehead atoms. The van der Waals surface area contributed by atoms with E-state index in [-0.39, 0.29) is 5.91 Å². The largest absolute Gasteiger partial charge is 0.495 e. The molecule has 0 radical (unpaired) electrons. The van der Waals surface area contributed by atoms with Crippen LogP contribution in [0.1, 0.15) is 30.6 Å². The third-order valence-electron chi connectivity index (χ3n) is 4.59. The third kappa shape index (κ3) is 2.51. The van der Waals surface area contributed by atoms with E-state index in [9.17, 15) is 4.79 Å². The van der Waals surface area contributed by atoms with Gasteiger partial charge < -0.3 is 9.64 Å². The van der Waals surface area contributed by atoms with Crippen LogP contribution in [0, 0.1) is 0 Å². The molecule has 2 aliphatic heterocycles. The number of piperidine rings is 1. The van der Waals surface area contributed by atoms with E-state index < -0.39 is 0 Å². The molecule has 0 aliphatic carbocycles. The van der Waals surface area contributed by atoms with Crippen LogP contribution >= 0.6 is 11.6 Å². The van der Waals surface area contributed by atoms with Gasteiger partial charge in [-0.15, -0.1) is 0 Å². The second-order valence-electron chi connectivity index (χ2n) is 6.15. The molecular weight excluding hydrogens is 288 g/mol. The first kappa shape index (κ1) is 14.7. The monoisotopic (exact) mass is 308 g/mol. The molecule has 5 heteroatoms. The molecule has 3 rings (SSSR count). The van der Waals surface area contributed by atoms with Crippen LogP contribution in [0.4, 0.5) is 0 Å². The Morgan fingerprint density at radius 1 is 1.33 bits per heavy atom. The number of nitrogens with zero attached hydrogens (tertiary/aromatic N) is 2. The first-order valence-electron chi connectivity index (χ1n) is 7.41. The number of benzene rings is 1. The number of halogens is 1. The van der Waals surface area contributed by atoms with E-state index >= 15 is 0 Å². The summed E-state index contributed by atoms with van der Waals surface area (Å²) in [5, 5.41) is 0.484. The fourth-order valence-electron chi connectivity index (χ4n) is 3.34. The number of ether oxygens (including phenoxy) is 1. The second-order valence-corrected chi connectivity index (χ2v) is 6.56. The minimum atomic E-state index is 0.0872. The number of amides is 1. The van der Waals surface area contributed by atoms with Crippen molar-refractivity contribution >= 4 is 17.5 Å². The van der Waals surface area contributed by atoms with Crippen molar-refractivity contribution in [3.63, 3.8) is 0 Å². The highest BCUT2D eigenvalue weighted by molar-refractivity contribution is 6.32. The van der Waals surface area contributed by atoms with E-state index in [1.807, 2.05) is 4.90 Å². The van der Waals surface area contributed by atoms with Gasteiger partial charge in [0.15, 0.2) is 0 Å². The Kier molecular flexibility index (Phi) is 3.84. The van der Waals surface area contributed by atoms with Gasteiger partial charge in [0.25, 0.3) is 5.91 Å². The molecule has 2 unspecified atom stereocenters. The number of hydrogen-bond donors (Lipinski definition) is 0. The van der Waals surface area contributed by atoms with Crippen molar-refractivity contribution in [2.45, 2.75) is 38.4 Å². The Hall–Kier alpha value is -1.26. The predicted molar refractivity (Wildman–Crippen MR) is 83.1 cm³/mol. The van der Waals surface area contributed by atoms with E-state index in [0.717, 1.165) is 19.5 Å². The lowest BCUT2D eigenvalue weighted by Crippen LogP contribution is -2.70. The average molecular weight is 309 g/mol. The van der Waals surface area contributed by atoms with Gasteiger partial charge >= 0.3 is 0 Å². The lowest BCUT2D eigenvalue weighted by Gasteiger charge is -2.57.